The van der Waals surface area contributed by atoms with Crippen LogP contribution in [0, 0.1) is 3.57 Å². The van der Waals surface area contributed by atoms with Crippen molar-refractivity contribution in [3.05, 3.63) is 22.0 Å². The van der Waals surface area contributed by atoms with Crippen LogP contribution in [0.1, 0.15) is 58.3 Å². The Bertz CT molecular complexity index is 1550. The number of amides is 2. The molecule has 1 fully saturated rings. The predicted molar refractivity (Wildman–Crippen MR) is 178 cm³/mol. The van der Waals surface area contributed by atoms with Crippen molar-refractivity contribution < 1.29 is 23.9 Å². The smallest absolute Gasteiger partial charge is 0.242 e. The first-order valence-electron chi connectivity index (χ1n) is 15.2. The van der Waals surface area contributed by atoms with E-state index in [0.29, 0.717) is 47.2 Å². The molecule has 13 nitrogen and oxygen atoms in total. The van der Waals surface area contributed by atoms with Gasteiger partial charge in [-0.1, -0.05) is 31.0 Å². The van der Waals surface area contributed by atoms with Gasteiger partial charge in [0.1, 0.15) is 18.2 Å². The third-order valence-electron chi connectivity index (χ3n) is 8.02. The van der Waals surface area contributed by atoms with Gasteiger partial charge < -0.3 is 35.2 Å². The van der Waals surface area contributed by atoms with Crippen LogP contribution in [-0.2, 0) is 20.9 Å². The Morgan fingerprint density at radius 3 is 2.73 bits per heavy atom. The van der Waals surface area contributed by atoms with E-state index in [9.17, 15) is 14.4 Å². The van der Waals surface area contributed by atoms with Gasteiger partial charge in [-0.2, -0.15) is 0 Å². The van der Waals surface area contributed by atoms with Crippen LogP contribution in [0.3, 0.4) is 0 Å². The van der Waals surface area contributed by atoms with E-state index in [0.717, 1.165) is 53.5 Å². The lowest BCUT2D eigenvalue weighted by molar-refractivity contribution is -0.132. The van der Waals surface area contributed by atoms with E-state index < -0.39 is 6.04 Å². The third-order valence-corrected chi connectivity index (χ3v) is 10.3. The second-order valence-corrected chi connectivity index (χ2v) is 13.5. The summed E-state index contributed by atoms with van der Waals surface area (Å²) in [4.78, 5) is 54.3. The number of nitrogens with two attached hydrogens (primary N) is 1. The van der Waals surface area contributed by atoms with E-state index in [4.69, 9.17) is 20.2 Å². The van der Waals surface area contributed by atoms with Gasteiger partial charge >= 0.3 is 0 Å². The maximum atomic E-state index is 13.5. The summed E-state index contributed by atoms with van der Waals surface area (Å²) in [7, 11) is 1.95. The van der Waals surface area contributed by atoms with Crippen LogP contribution < -0.4 is 25.8 Å². The summed E-state index contributed by atoms with van der Waals surface area (Å²) in [5.74, 6) is 1.43. The Morgan fingerprint density at radius 1 is 1.16 bits per heavy atom. The summed E-state index contributed by atoms with van der Waals surface area (Å²) in [6, 6.07) is 2.93. The van der Waals surface area contributed by atoms with E-state index in [1.54, 1.807) is 6.92 Å². The Labute approximate surface area is 279 Å². The lowest BCUT2D eigenvalue weighted by atomic mass is 10.0. The van der Waals surface area contributed by atoms with Crippen LogP contribution >= 0.6 is 34.4 Å². The molecule has 4 heterocycles. The molecule has 2 aromatic heterocycles. The van der Waals surface area contributed by atoms with Crippen molar-refractivity contribution in [3.8, 4) is 11.5 Å². The molecule has 0 aliphatic carbocycles. The molecule has 15 heteroatoms. The highest BCUT2D eigenvalue weighted by Crippen LogP contribution is 2.41. The Hall–Kier alpha value is -3.18. The van der Waals surface area contributed by atoms with E-state index >= 15 is 0 Å². The molecule has 1 aromatic carbocycles. The largest absolute Gasteiger partial charge is 0.454 e. The molecule has 1 unspecified atom stereocenters. The third kappa shape index (κ3) is 8.35. The van der Waals surface area contributed by atoms with Crippen molar-refractivity contribution in [2.24, 2.45) is 0 Å². The number of likely N-dealkylation sites (tertiary alicyclic amines) is 1. The second-order valence-electron chi connectivity index (χ2n) is 11.4. The molecule has 2 amide bonds. The highest BCUT2D eigenvalue weighted by molar-refractivity contribution is 14.1. The lowest BCUT2D eigenvalue weighted by Gasteiger charge is -2.32. The van der Waals surface area contributed by atoms with Crippen LogP contribution in [-0.4, -0.2) is 81.0 Å². The first-order chi connectivity index (χ1) is 21.7. The Morgan fingerprint density at radius 2 is 1.96 bits per heavy atom. The number of carbonyl (C=O) groups excluding carboxylic acids is 3. The zero-order valence-corrected chi connectivity index (χ0v) is 28.5. The standard InChI is InChI=1S/C30H39IN8O5S/c1-18(40)8-4-3-5-9-20(36-29(42)21-10-6-7-12-38(21)2)28(41)33-11-13-39-27-25(26(32)34-16-35-27)37-30(39)45-24-15-23-22(14-19(24)31)43-17-44-23/h14-16,20-21H,3-13,17H2,1-2H3,(H,33,41)(H,36,42)(H2,32,34,35)/t20-,21?/m0/s1. The van der Waals surface area contributed by atoms with Gasteiger partial charge in [0, 0.05) is 28.0 Å². The number of nitrogen functional groups attached to an aromatic ring is 1. The lowest BCUT2D eigenvalue weighted by Crippen LogP contribution is -2.54. The number of rotatable bonds is 14. The van der Waals surface area contributed by atoms with Crippen molar-refractivity contribution in [1.29, 1.82) is 0 Å². The number of nitrogens with zero attached hydrogens (tertiary/aromatic N) is 5. The SMILES string of the molecule is CC(=O)CCCCC[C@H](NC(=O)C1CCCCN1C)C(=O)NCCn1c(Sc2cc3c(cc2I)OCO3)nc2c(N)ncnc21. The van der Waals surface area contributed by atoms with Crippen LogP contribution in [0.2, 0.25) is 0 Å². The summed E-state index contributed by atoms with van der Waals surface area (Å²) >= 11 is 3.69. The minimum absolute atomic E-state index is 0.120. The molecule has 0 spiro atoms. The number of Topliss-reactive ketones (excluding diaryl/α,β-unsaturated/α-hetero) is 1. The van der Waals surface area contributed by atoms with Gasteiger partial charge in [-0.05, 0) is 80.9 Å². The van der Waals surface area contributed by atoms with Crippen molar-refractivity contribution in [3.63, 3.8) is 0 Å². The molecule has 4 N–H and O–H groups in total. The maximum absolute atomic E-state index is 13.5. The number of hydrogen-bond acceptors (Lipinski definition) is 11. The normalized spacial score (nSPS) is 16.9. The fraction of sp³-hybridized carbons (Fsp3) is 0.533. The number of fused-ring (bicyclic) bond motifs is 2. The predicted octanol–water partition coefficient (Wildman–Crippen LogP) is 3.52. The summed E-state index contributed by atoms with van der Waals surface area (Å²) in [6.45, 7) is 3.27. The van der Waals surface area contributed by atoms with Gasteiger partial charge in [0.2, 0.25) is 18.6 Å². The highest BCUT2D eigenvalue weighted by atomic mass is 127. The molecule has 5 rings (SSSR count). The molecule has 3 aromatic rings. The molecule has 2 aliphatic rings. The summed E-state index contributed by atoms with van der Waals surface area (Å²) in [5.41, 5.74) is 7.19. The number of ether oxygens (including phenoxy) is 2. The number of hydrogen-bond donors (Lipinski definition) is 3. The average Bonchev–Trinajstić information content (AvgIpc) is 3.61. The molecule has 1 saturated heterocycles. The number of benzene rings is 1. The quantitative estimate of drug-likeness (QED) is 0.163. The van der Waals surface area contributed by atoms with E-state index in [-0.39, 0.29) is 42.8 Å². The number of carbonyl (C=O) groups is 3. The minimum atomic E-state index is -0.674. The summed E-state index contributed by atoms with van der Waals surface area (Å²) in [5, 5.41) is 6.69. The number of anilines is 1. The van der Waals surface area contributed by atoms with Gasteiger partial charge in [0.15, 0.2) is 33.6 Å². The van der Waals surface area contributed by atoms with Crippen molar-refractivity contribution >= 4 is 68.9 Å². The molecule has 0 bridgehead atoms. The number of piperidine rings is 1. The number of imidazole rings is 1. The van der Waals surface area contributed by atoms with Gasteiger partial charge in [0.25, 0.3) is 0 Å². The maximum Gasteiger partial charge on any atom is 0.242 e. The zero-order valence-electron chi connectivity index (χ0n) is 25.5. The van der Waals surface area contributed by atoms with Crippen LogP contribution in [0.25, 0.3) is 11.2 Å². The van der Waals surface area contributed by atoms with Gasteiger partial charge in [0.05, 0.1) is 6.04 Å². The molecule has 2 aliphatic heterocycles. The number of unbranched alkanes of at least 4 members (excludes halogenated alkanes) is 2. The van der Waals surface area contributed by atoms with E-state index in [2.05, 4.69) is 48.1 Å². The zero-order chi connectivity index (χ0) is 31.9. The number of likely N-dealkylation sites (N-methyl/N-ethyl adjacent to an activating group) is 1. The molecular weight excluding hydrogens is 711 g/mol. The molecule has 0 radical (unpaired) electrons. The van der Waals surface area contributed by atoms with Gasteiger partial charge in [-0.25, -0.2) is 15.0 Å². The highest BCUT2D eigenvalue weighted by Gasteiger charge is 2.29. The van der Waals surface area contributed by atoms with Crippen molar-refractivity contribution in [2.45, 2.75) is 87.0 Å². The van der Waals surface area contributed by atoms with Crippen LogP contribution in [0.5, 0.6) is 11.5 Å². The average molecular weight is 751 g/mol. The Balaban J connectivity index is 1.28. The first kappa shape index (κ1) is 33.2. The molecule has 242 valence electrons. The number of halogens is 1. The fourth-order valence-electron chi connectivity index (χ4n) is 5.54. The Kier molecular flexibility index (Phi) is 11.4. The molecule has 45 heavy (non-hydrogen) atoms. The second kappa shape index (κ2) is 15.4. The topological polar surface area (TPSA) is 167 Å². The minimum Gasteiger partial charge on any atom is -0.454 e. The van der Waals surface area contributed by atoms with Gasteiger partial charge in [-0.15, -0.1) is 0 Å². The number of ketones is 1. The number of nitrogens with one attached hydrogen (secondary N) is 2. The van der Waals surface area contributed by atoms with Crippen molar-refractivity contribution in [2.75, 3.05) is 32.7 Å². The summed E-state index contributed by atoms with van der Waals surface area (Å²) < 4.78 is 14.0. The van der Waals surface area contributed by atoms with Crippen molar-refractivity contribution in [1.82, 2.24) is 35.1 Å². The molecular formula is C30H39IN8O5S. The van der Waals surface area contributed by atoms with Crippen LogP contribution in [0.4, 0.5) is 5.82 Å². The van der Waals surface area contributed by atoms with E-state index in [1.165, 1.54) is 18.1 Å². The fourth-order valence-corrected chi connectivity index (χ4v) is 7.26. The first-order valence-corrected chi connectivity index (χ1v) is 17.1. The van der Waals surface area contributed by atoms with Gasteiger partial charge in [-0.3, -0.25) is 14.5 Å². The van der Waals surface area contributed by atoms with Crippen LogP contribution in [0.15, 0.2) is 28.5 Å². The summed E-state index contributed by atoms with van der Waals surface area (Å²) in [6.07, 6.45) is 7.54. The molecule has 0 saturated carbocycles. The monoisotopic (exact) mass is 750 g/mol. The molecule has 2 atom stereocenters. The van der Waals surface area contributed by atoms with E-state index in [1.807, 2.05) is 23.7 Å². The number of aromatic nitrogens is 4.